The lowest BCUT2D eigenvalue weighted by molar-refractivity contribution is -0.860. The Labute approximate surface area is 152 Å². The number of amides is 1. The molecule has 0 aliphatic rings. The van der Waals surface area contributed by atoms with E-state index in [1.54, 1.807) is 6.92 Å². The van der Waals surface area contributed by atoms with Gasteiger partial charge in [0.05, 0.1) is 25.6 Å². The van der Waals surface area contributed by atoms with E-state index in [0.717, 1.165) is 5.56 Å². The summed E-state index contributed by atoms with van der Waals surface area (Å²) in [6, 6.07) is 13.7. The standard InChI is InChI=1S/C19H23N3O4/c1-4-26-18-11-10-15(12-17(18)22(24)25)19(23)20-16(13-21(2)3)14-8-6-5-7-9-14/h5-12,16H,4,13H2,1-3H3,(H,20,23)/p+1/t16-/m0/s1. The lowest BCUT2D eigenvalue weighted by Gasteiger charge is -2.21. The van der Waals surface area contributed by atoms with Crippen LogP contribution >= 0.6 is 0 Å². The van der Waals surface area contributed by atoms with Gasteiger partial charge in [0, 0.05) is 11.6 Å². The fourth-order valence-electron chi connectivity index (χ4n) is 2.67. The van der Waals surface area contributed by atoms with Crippen molar-refractivity contribution in [1.29, 1.82) is 0 Å². The summed E-state index contributed by atoms with van der Waals surface area (Å²) in [4.78, 5) is 24.6. The maximum Gasteiger partial charge on any atom is 0.311 e. The second-order valence-electron chi connectivity index (χ2n) is 6.22. The number of ether oxygens (including phenoxy) is 1. The number of likely N-dealkylation sites (N-methyl/N-ethyl adjacent to an activating group) is 1. The number of nitro groups is 1. The van der Waals surface area contributed by atoms with Gasteiger partial charge in [0.15, 0.2) is 5.75 Å². The topological polar surface area (TPSA) is 85.9 Å². The maximum atomic E-state index is 12.7. The summed E-state index contributed by atoms with van der Waals surface area (Å²) in [5.74, 6) is -0.197. The van der Waals surface area contributed by atoms with Crippen LogP contribution in [-0.2, 0) is 0 Å². The number of benzene rings is 2. The van der Waals surface area contributed by atoms with Gasteiger partial charge in [0.25, 0.3) is 5.91 Å². The minimum absolute atomic E-state index is 0.159. The molecule has 0 spiro atoms. The minimum Gasteiger partial charge on any atom is -0.487 e. The molecular weight excluding hydrogens is 334 g/mol. The van der Waals surface area contributed by atoms with E-state index in [1.165, 1.54) is 23.1 Å². The third-order valence-electron chi connectivity index (χ3n) is 3.84. The lowest BCUT2D eigenvalue weighted by Crippen LogP contribution is -3.06. The van der Waals surface area contributed by atoms with Gasteiger partial charge in [-0.05, 0) is 24.6 Å². The molecule has 2 aromatic carbocycles. The van der Waals surface area contributed by atoms with E-state index in [4.69, 9.17) is 4.74 Å². The van der Waals surface area contributed by atoms with Crippen molar-refractivity contribution in [3.63, 3.8) is 0 Å². The highest BCUT2D eigenvalue weighted by Crippen LogP contribution is 2.28. The summed E-state index contributed by atoms with van der Waals surface area (Å²) in [5, 5.41) is 14.2. The van der Waals surface area contributed by atoms with Crippen molar-refractivity contribution in [3.8, 4) is 5.75 Å². The zero-order chi connectivity index (χ0) is 19.1. The van der Waals surface area contributed by atoms with Gasteiger partial charge in [-0.1, -0.05) is 30.3 Å². The summed E-state index contributed by atoms with van der Waals surface area (Å²) < 4.78 is 5.26. The molecule has 0 bridgehead atoms. The van der Waals surface area contributed by atoms with Gasteiger partial charge in [0.2, 0.25) is 0 Å². The van der Waals surface area contributed by atoms with Gasteiger partial charge in [-0.3, -0.25) is 14.9 Å². The van der Waals surface area contributed by atoms with Crippen molar-refractivity contribution in [2.24, 2.45) is 0 Å². The van der Waals surface area contributed by atoms with Crippen LogP contribution in [0.2, 0.25) is 0 Å². The molecule has 7 nitrogen and oxygen atoms in total. The first-order valence-electron chi connectivity index (χ1n) is 8.48. The van der Waals surface area contributed by atoms with Gasteiger partial charge in [0.1, 0.15) is 12.6 Å². The Morgan fingerprint density at radius 2 is 1.92 bits per heavy atom. The predicted octanol–water partition coefficient (Wildman–Crippen LogP) is 1.61. The van der Waals surface area contributed by atoms with Crippen LogP contribution in [0.4, 0.5) is 5.69 Å². The van der Waals surface area contributed by atoms with Crippen molar-refractivity contribution < 1.29 is 19.4 Å². The first kappa shape index (κ1) is 19.4. The Morgan fingerprint density at radius 1 is 1.23 bits per heavy atom. The number of hydrogen-bond acceptors (Lipinski definition) is 4. The smallest absolute Gasteiger partial charge is 0.311 e. The molecule has 1 atom stereocenters. The van der Waals surface area contributed by atoms with Crippen LogP contribution in [0.3, 0.4) is 0 Å². The molecule has 0 radical (unpaired) electrons. The molecule has 0 unspecified atom stereocenters. The first-order chi connectivity index (χ1) is 12.4. The summed E-state index contributed by atoms with van der Waals surface area (Å²) in [7, 11) is 4.01. The molecule has 2 N–H and O–H groups in total. The van der Waals surface area contributed by atoms with Crippen molar-refractivity contribution >= 4 is 11.6 Å². The van der Waals surface area contributed by atoms with Crippen molar-refractivity contribution in [2.45, 2.75) is 13.0 Å². The van der Waals surface area contributed by atoms with Crippen LogP contribution in [0.25, 0.3) is 0 Å². The van der Waals surface area contributed by atoms with Crippen LogP contribution in [0.15, 0.2) is 48.5 Å². The normalized spacial score (nSPS) is 11.8. The Kier molecular flexibility index (Phi) is 6.68. The Bertz CT molecular complexity index is 763. The van der Waals surface area contributed by atoms with E-state index in [2.05, 4.69) is 5.32 Å². The van der Waals surface area contributed by atoms with E-state index in [9.17, 15) is 14.9 Å². The average Bonchev–Trinajstić information content (AvgIpc) is 2.61. The number of carbonyl (C=O) groups excluding carboxylic acids is 1. The molecule has 7 heteroatoms. The van der Waals surface area contributed by atoms with E-state index >= 15 is 0 Å². The van der Waals surface area contributed by atoms with Gasteiger partial charge in [-0.2, -0.15) is 0 Å². The highest BCUT2D eigenvalue weighted by Gasteiger charge is 2.22. The summed E-state index contributed by atoms with van der Waals surface area (Å²) in [6.07, 6.45) is 0. The number of nitro benzene ring substituents is 1. The Balaban J connectivity index is 2.26. The molecule has 0 aromatic heterocycles. The molecule has 0 saturated carbocycles. The molecule has 138 valence electrons. The van der Waals surface area contributed by atoms with Gasteiger partial charge >= 0.3 is 5.69 Å². The molecular formula is C19H24N3O4+. The molecule has 2 aromatic rings. The highest BCUT2D eigenvalue weighted by molar-refractivity contribution is 5.95. The third-order valence-corrected chi connectivity index (χ3v) is 3.84. The molecule has 2 rings (SSSR count). The van der Waals surface area contributed by atoms with Gasteiger partial charge < -0.3 is 15.0 Å². The largest absolute Gasteiger partial charge is 0.487 e. The summed E-state index contributed by atoms with van der Waals surface area (Å²) in [5.41, 5.74) is 1.01. The lowest BCUT2D eigenvalue weighted by atomic mass is 10.1. The molecule has 1 amide bonds. The zero-order valence-corrected chi connectivity index (χ0v) is 15.2. The fraction of sp³-hybridized carbons (Fsp3) is 0.316. The zero-order valence-electron chi connectivity index (χ0n) is 15.2. The molecule has 0 aliphatic carbocycles. The van der Waals surface area contributed by atoms with E-state index < -0.39 is 4.92 Å². The molecule has 0 aliphatic heterocycles. The first-order valence-corrected chi connectivity index (χ1v) is 8.48. The Morgan fingerprint density at radius 3 is 2.50 bits per heavy atom. The minimum atomic E-state index is -0.541. The number of nitrogens with one attached hydrogen (secondary N) is 2. The number of nitrogens with zero attached hydrogens (tertiary/aromatic N) is 1. The Hall–Kier alpha value is -2.93. The van der Waals surface area contributed by atoms with Crippen molar-refractivity contribution in [3.05, 3.63) is 69.8 Å². The number of rotatable bonds is 8. The van der Waals surface area contributed by atoms with Crippen molar-refractivity contribution in [1.82, 2.24) is 5.32 Å². The SMILES string of the molecule is CCOc1ccc(C(=O)N[C@@H](C[NH+](C)C)c2ccccc2)cc1[N+](=O)[O-]. The molecule has 0 heterocycles. The van der Waals surface area contributed by atoms with Crippen molar-refractivity contribution in [2.75, 3.05) is 27.2 Å². The number of quaternary nitrogens is 1. The molecule has 26 heavy (non-hydrogen) atoms. The van der Waals surface area contributed by atoms with E-state index in [0.29, 0.717) is 13.2 Å². The second kappa shape index (κ2) is 8.96. The monoisotopic (exact) mass is 358 g/mol. The third kappa shape index (κ3) is 5.03. The van der Waals surface area contributed by atoms with Crippen LogP contribution in [0, 0.1) is 10.1 Å². The fourth-order valence-corrected chi connectivity index (χ4v) is 2.67. The number of hydrogen-bond donors (Lipinski definition) is 2. The maximum absolute atomic E-state index is 12.7. The van der Waals surface area contributed by atoms with Gasteiger partial charge in [-0.15, -0.1) is 0 Å². The highest BCUT2D eigenvalue weighted by atomic mass is 16.6. The predicted molar refractivity (Wildman–Crippen MR) is 98.6 cm³/mol. The molecule has 0 saturated heterocycles. The number of carbonyl (C=O) groups is 1. The van der Waals surface area contributed by atoms with E-state index in [1.807, 2.05) is 44.4 Å². The van der Waals surface area contributed by atoms with Crippen LogP contribution < -0.4 is 15.0 Å². The summed E-state index contributed by atoms with van der Waals surface area (Å²) in [6.45, 7) is 2.75. The van der Waals surface area contributed by atoms with E-state index in [-0.39, 0.29) is 28.9 Å². The van der Waals surface area contributed by atoms with Crippen LogP contribution in [0.1, 0.15) is 28.9 Å². The van der Waals surface area contributed by atoms with Crippen LogP contribution in [0.5, 0.6) is 5.75 Å². The van der Waals surface area contributed by atoms with Crippen LogP contribution in [-0.4, -0.2) is 38.1 Å². The molecule has 0 fully saturated rings. The summed E-state index contributed by atoms with van der Waals surface area (Å²) >= 11 is 0. The quantitative estimate of drug-likeness (QED) is 0.554. The van der Waals surface area contributed by atoms with Gasteiger partial charge in [-0.25, -0.2) is 0 Å². The average molecular weight is 358 g/mol. The second-order valence-corrected chi connectivity index (χ2v) is 6.22.